The van der Waals surface area contributed by atoms with Gasteiger partial charge in [-0.3, -0.25) is 4.79 Å². The van der Waals surface area contributed by atoms with Crippen LogP contribution in [0.4, 0.5) is 0 Å². The van der Waals surface area contributed by atoms with E-state index in [1.807, 2.05) is 0 Å². The summed E-state index contributed by atoms with van der Waals surface area (Å²) in [5.74, 6) is 0. The second-order valence-electron chi connectivity index (χ2n) is 3.65. The number of aromatic nitrogens is 1. The van der Waals surface area contributed by atoms with Gasteiger partial charge >= 0.3 is 0 Å². The molecule has 0 unspecified atom stereocenters. The Morgan fingerprint density at radius 3 is 2.28 bits per heavy atom. The number of nitrogens with one attached hydrogen (secondary N) is 1. The number of rotatable bonds is 2. The van der Waals surface area contributed by atoms with Gasteiger partial charge in [0.05, 0.1) is 22.2 Å². The molecular formula is C12H8Cl3NO2. The molecule has 3 nitrogen and oxygen atoms in total. The molecule has 6 heteroatoms. The number of hydrogen-bond acceptors (Lipinski definition) is 2. The number of aliphatic hydroxyl groups is 1. The summed E-state index contributed by atoms with van der Waals surface area (Å²) >= 11 is 17.9. The van der Waals surface area contributed by atoms with Crippen LogP contribution in [0, 0.1) is 0 Å². The second-order valence-corrected chi connectivity index (χ2v) is 4.90. The fourth-order valence-corrected chi connectivity index (χ4v) is 2.63. The lowest BCUT2D eigenvalue weighted by molar-refractivity contribution is 0.281. The van der Waals surface area contributed by atoms with E-state index in [1.165, 1.54) is 18.3 Å². The lowest BCUT2D eigenvalue weighted by Crippen LogP contribution is -2.09. The number of benzene rings is 1. The fourth-order valence-electron chi connectivity index (χ4n) is 1.61. The predicted molar refractivity (Wildman–Crippen MR) is 73.5 cm³/mol. The quantitative estimate of drug-likeness (QED) is 0.892. The second kappa shape index (κ2) is 5.33. The van der Waals surface area contributed by atoms with E-state index in [4.69, 9.17) is 39.9 Å². The third-order valence-corrected chi connectivity index (χ3v) is 3.24. The van der Waals surface area contributed by atoms with Crippen LogP contribution in [0.1, 0.15) is 5.56 Å². The summed E-state index contributed by atoms with van der Waals surface area (Å²) in [6.07, 6.45) is 1.43. The maximum absolute atomic E-state index is 11.8. The number of pyridine rings is 1. The summed E-state index contributed by atoms with van der Waals surface area (Å²) in [6.45, 7) is -0.188. The summed E-state index contributed by atoms with van der Waals surface area (Å²) in [4.78, 5) is 14.3. The molecule has 2 aromatic rings. The normalized spacial score (nSPS) is 10.7. The minimum Gasteiger partial charge on any atom is -0.392 e. The van der Waals surface area contributed by atoms with Gasteiger partial charge in [0.25, 0.3) is 5.56 Å². The summed E-state index contributed by atoms with van der Waals surface area (Å²) in [7, 11) is 0. The van der Waals surface area contributed by atoms with E-state index >= 15 is 0 Å². The van der Waals surface area contributed by atoms with Crippen LogP contribution in [-0.2, 0) is 6.61 Å². The number of H-pyrrole nitrogens is 1. The molecule has 0 saturated carbocycles. The maximum atomic E-state index is 11.8. The van der Waals surface area contributed by atoms with Crippen LogP contribution in [0.2, 0.25) is 15.1 Å². The van der Waals surface area contributed by atoms with Crippen LogP contribution in [0.5, 0.6) is 0 Å². The van der Waals surface area contributed by atoms with Crippen LogP contribution < -0.4 is 5.56 Å². The Morgan fingerprint density at radius 2 is 1.72 bits per heavy atom. The van der Waals surface area contributed by atoms with Gasteiger partial charge < -0.3 is 10.1 Å². The molecule has 0 fully saturated rings. The molecule has 0 radical (unpaired) electrons. The van der Waals surface area contributed by atoms with E-state index < -0.39 is 0 Å². The highest BCUT2D eigenvalue weighted by Crippen LogP contribution is 2.35. The Kier molecular flexibility index (Phi) is 3.97. The molecule has 0 aliphatic heterocycles. The van der Waals surface area contributed by atoms with E-state index in [9.17, 15) is 4.79 Å². The first-order valence-corrected chi connectivity index (χ1v) is 6.13. The van der Waals surface area contributed by atoms with Crippen LogP contribution in [0.3, 0.4) is 0 Å². The number of aromatic amines is 1. The van der Waals surface area contributed by atoms with Gasteiger partial charge in [-0.25, -0.2) is 0 Å². The third kappa shape index (κ3) is 2.54. The first kappa shape index (κ1) is 13.4. The average Bonchev–Trinajstić information content (AvgIpc) is 2.30. The molecule has 0 aliphatic rings. The topological polar surface area (TPSA) is 53.1 Å². The van der Waals surface area contributed by atoms with Crippen molar-refractivity contribution >= 4 is 34.8 Å². The van der Waals surface area contributed by atoms with Crippen LogP contribution in [0.15, 0.2) is 29.2 Å². The van der Waals surface area contributed by atoms with Crippen molar-refractivity contribution in [1.82, 2.24) is 4.98 Å². The largest absolute Gasteiger partial charge is 0.392 e. The van der Waals surface area contributed by atoms with E-state index in [0.29, 0.717) is 21.7 Å². The van der Waals surface area contributed by atoms with Crippen molar-refractivity contribution in [3.63, 3.8) is 0 Å². The fraction of sp³-hybridized carbons (Fsp3) is 0.0833. The van der Waals surface area contributed by atoms with Gasteiger partial charge in [0.15, 0.2) is 0 Å². The molecule has 2 rings (SSSR count). The zero-order valence-electron chi connectivity index (χ0n) is 9.01. The van der Waals surface area contributed by atoms with Crippen molar-refractivity contribution in [1.29, 1.82) is 0 Å². The van der Waals surface area contributed by atoms with Crippen molar-refractivity contribution in [3.8, 4) is 11.1 Å². The van der Waals surface area contributed by atoms with Crippen molar-refractivity contribution in [2.45, 2.75) is 6.61 Å². The lowest BCUT2D eigenvalue weighted by atomic mass is 10.1. The number of halogens is 3. The van der Waals surface area contributed by atoms with Crippen molar-refractivity contribution in [3.05, 3.63) is 55.4 Å². The molecule has 0 atom stereocenters. The van der Waals surface area contributed by atoms with Gasteiger partial charge in [0, 0.05) is 16.8 Å². The third-order valence-electron chi connectivity index (χ3n) is 2.42. The molecule has 0 saturated heterocycles. The van der Waals surface area contributed by atoms with Gasteiger partial charge in [-0.15, -0.1) is 0 Å². The highest BCUT2D eigenvalue weighted by Gasteiger charge is 2.14. The predicted octanol–water partition coefficient (Wildman–Crippen LogP) is 3.49. The van der Waals surface area contributed by atoms with Crippen molar-refractivity contribution in [2.24, 2.45) is 0 Å². The van der Waals surface area contributed by atoms with Gasteiger partial charge in [-0.05, 0) is 23.8 Å². The molecule has 0 amide bonds. The molecule has 1 heterocycles. The summed E-state index contributed by atoms with van der Waals surface area (Å²) in [5.41, 5.74) is 0.928. The molecule has 0 spiro atoms. The van der Waals surface area contributed by atoms with E-state index in [-0.39, 0.29) is 22.2 Å². The van der Waals surface area contributed by atoms with E-state index in [1.54, 1.807) is 6.07 Å². The van der Waals surface area contributed by atoms with Crippen LogP contribution in [-0.4, -0.2) is 10.1 Å². The minimum atomic E-state index is -0.335. The number of aliphatic hydroxyl groups excluding tert-OH is 1. The molecule has 18 heavy (non-hydrogen) atoms. The Hall–Kier alpha value is -1.000. The summed E-state index contributed by atoms with van der Waals surface area (Å²) in [6, 6.07) is 4.56. The zero-order valence-corrected chi connectivity index (χ0v) is 11.3. The summed E-state index contributed by atoms with van der Waals surface area (Å²) < 4.78 is 0. The smallest absolute Gasteiger partial charge is 0.255 e. The first-order valence-electron chi connectivity index (χ1n) is 5.00. The van der Waals surface area contributed by atoms with Crippen LogP contribution >= 0.6 is 34.8 Å². The van der Waals surface area contributed by atoms with Crippen LogP contribution in [0.25, 0.3) is 11.1 Å². The highest BCUT2D eigenvalue weighted by molar-refractivity contribution is 6.41. The van der Waals surface area contributed by atoms with Crippen molar-refractivity contribution < 1.29 is 5.11 Å². The molecule has 0 bridgehead atoms. The monoisotopic (exact) mass is 303 g/mol. The van der Waals surface area contributed by atoms with E-state index in [0.717, 1.165) is 0 Å². The average molecular weight is 305 g/mol. The first-order chi connectivity index (χ1) is 8.52. The van der Waals surface area contributed by atoms with Gasteiger partial charge in [-0.2, -0.15) is 0 Å². The summed E-state index contributed by atoms with van der Waals surface area (Å²) in [5, 5.41) is 10.0. The molecular weight excluding hydrogens is 296 g/mol. The Balaban J connectivity index is 2.73. The van der Waals surface area contributed by atoms with Gasteiger partial charge in [0.2, 0.25) is 0 Å². The molecule has 2 N–H and O–H groups in total. The molecule has 94 valence electrons. The maximum Gasteiger partial charge on any atom is 0.255 e. The Morgan fingerprint density at radius 1 is 1.11 bits per heavy atom. The number of hydrogen-bond donors (Lipinski definition) is 2. The van der Waals surface area contributed by atoms with E-state index in [2.05, 4.69) is 4.98 Å². The van der Waals surface area contributed by atoms with Gasteiger partial charge in [0.1, 0.15) is 0 Å². The highest BCUT2D eigenvalue weighted by atomic mass is 35.5. The zero-order chi connectivity index (χ0) is 13.3. The van der Waals surface area contributed by atoms with Crippen molar-refractivity contribution in [2.75, 3.05) is 0 Å². The Bertz CT molecular complexity index is 629. The van der Waals surface area contributed by atoms with Gasteiger partial charge in [-0.1, -0.05) is 34.8 Å². The SMILES string of the molecule is O=c1[nH]cc(CO)cc1-c1c(Cl)cc(Cl)cc1Cl. The standard InChI is InChI=1S/C12H8Cl3NO2/c13-7-2-9(14)11(10(15)3-7)8-1-6(5-17)4-16-12(8)18/h1-4,17H,5H2,(H,16,18). The molecule has 1 aromatic carbocycles. The minimum absolute atomic E-state index is 0.188. The molecule has 0 aliphatic carbocycles. The Labute approximate surface area is 118 Å². The lowest BCUT2D eigenvalue weighted by Gasteiger charge is -2.08. The molecule has 1 aromatic heterocycles.